The average Bonchev–Trinajstić information content (AvgIpc) is 2.68. The van der Waals surface area contributed by atoms with Crippen molar-refractivity contribution in [1.82, 2.24) is 5.32 Å². The number of aromatic hydroxyl groups is 1. The molecule has 3 aromatic carbocycles. The van der Waals surface area contributed by atoms with Crippen molar-refractivity contribution in [2.75, 3.05) is 7.05 Å². The summed E-state index contributed by atoms with van der Waals surface area (Å²) in [6, 6.07) is 20.2. The highest BCUT2D eigenvalue weighted by Gasteiger charge is 2.15. The number of phosphoric ester groups is 1. The number of phenols is 1. The zero-order valence-corrected chi connectivity index (χ0v) is 17.2. The number of benzene rings is 3. The first-order valence-corrected chi connectivity index (χ1v) is 10.3. The fourth-order valence-electron chi connectivity index (χ4n) is 2.34. The van der Waals surface area contributed by atoms with Crippen LogP contribution in [0, 0.1) is 6.92 Å². The SMILES string of the molecule is CNC(=O)Oc1cccc(C)c1.O=P(O)(O)Oc1ccc(-c2ccc(O)cc2)cc1. The minimum atomic E-state index is -4.51. The lowest BCUT2D eigenvalue weighted by Gasteiger charge is -2.07. The van der Waals surface area contributed by atoms with E-state index < -0.39 is 13.9 Å². The molecule has 0 bridgehead atoms. The predicted octanol–water partition coefficient (Wildman–Crippen LogP) is 4.24. The van der Waals surface area contributed by atoms with E-state index in [2.05, 4.69) is 9.84 Å². The van der Waals surface area contributed by atoms with Gasteiger partial charge in [0.1, 0.15) is 17.2 Å². The molecule has 8 nitrogen and oxygen atoms in total. The molecule has 9 heteroatoms. The van der Waals surface area contributed by atoms with Crippen molar-refractivity contribution >= 4 is 13.9 Å². The Bertz CT molecular complexity index is 1010. The van der Waals surface area contributed by atoms with E-state index in [1.165, 1.54) is 19.2 Å². The zero-order chi connectivity index (χ0) is 22.1. The molecule has 0 spiro atoms. The van der Waals surface area contributed by atoms with Crippen molar-refractivity contribution in [1.29, 1.82) is 0 Å². The molecule has 158 valence electrons. The van der Waals surface area contributed by atoms with Crippen molar-refractivity contribution < 1.29 is 33.5 Å². The Hall–Kier alpha value is -3.32. The van der Waals surface area contributed by atoms with Gasteiger partial charge >= 0.3 is 13.9 Å². The van der Waals surface area contributed by atoms with Gasteiger partial charge in [0.15, 0.2) is 0 Å². The molecule has 0 unspecified atom stereocenters. The molecule has 0 saturated carbocycles. The second kappa shape index (κ2) is 10.5. The highest BCUT2D eigenvalue weighted by molar-refractivity contribution is 7.46. The van der Waals surface area contributed by atoms with Crippen molar-refractivity contribution in [3.63, 3.8) is 0 Å². The monoisotopic (exact) mass is 431 g/mol. The molecule has 4 N–H and O–H groups in total. The van der Waals surface area contributed by atoms with Crippen molar-refractivity contribution in [2.24, 2.45) is 0 Å². The first-order valence-electron chi connectivity index (χ1n) is 8.77. The number of amides is 1. The normalized spacial score (nSPS) is 10.4. The Balaban J connectivity index is 0.000000232. The van der Waals surface area contributed by atoms with Gasteiger partial charge in [0, 0.05) is 7.05 Å². The quantitative estimate of drug-likeness (QED) is 0.455. The van der Waals surface area contributed by atoms with Crippen LogP contribution in [0.4, 0.5) is 4.79 Å². The van der Waals surface area contributed by atoms with Crippen LogP contribution < -0.4 is 14.6 Å². The average molecular weight is 431 g/mol. The highest BCUT2D eigenvalue weighted by atomic mass is 31.2. The van der Waals surface area contributed by atoms with Gasteiger partial charge in [-0.05, 0) is 60.0 Å². The summed E-state index contributed by atoms with van der Waals surface area (Å²) in [5.74, 6) is 0.848. The van der Waals surface area contributed by atoms with Crippen LogP contribution in [-0.4, -0.2) is 28.0 Å². The number of carbonyl (C=O) groups excluding carboxylic acids is 1. The first-order chi connectivity index (χ1) is 14.2. The number of nitrogens with one attached hydrogen (secondary N) is 1. The highest BCUT2D eigenvalue weighted by Crippen LogP contribution is 2.38. The molecule has 0 aliphatic heterocycles. The number of phosphoric acid groups is 1. The molecule has 0 aliphatic rings. The van der Waals surface area contributed by atoms with E-state index in [1.54, 1.807) is 48.5 Å². The zero-order valence-electron chi connectivity index (χ0n) is 16.4. The van der Waals surface area contributed by atoms with Gasteiger partial charge in [-0.25, -0.2) is 9.36 Å². The van der Waals surface area contributed by atoms with Crippen LogP contribution in [-0.2, 0) is 4.57 Å². The summed E-state index contributed by atoms with van der Waals surface area (Å²) >= 11 is 0. The molecule has 1 amide bonds. The fraction of sp³-hybridized carbons (Fsp3) is 0.0952. The second-order valence-electron chi connectivity index (χ2n) is 6.11. The molecule has 30 heavy (non-hydrogen) atoms. The number of ether oxygens (including phenoxy) is 1. The van der Waals surface area contributed by atoms with Gasteiger partial charge in [-0.2, -0.15) is 0 Å². The summed E-state index contributed by atoms with van der Waals surface area (Å²) in [4.78, 5) is 28.1. The van der Waals surface area contributed by atoms with Gasteiger partial charge in [0.2, 0.25) is 0 Å². The van der Waals surface area contributed by atoms with Gasteiger partial charge < -0.3 is 19.7 Å². The maximum Gasteiger partial charge on any atom is 0.524 e. The van der Waals surface area contributed by atoms with Gasteiger partial charge in [0.25, 0.3) is 0 Å². The molecule has 0 heterocycles. The number of phenolic OH excluding ortho intramolecular Hbond substituents is 1. The Morgan fingerprint density at radius 2 is 1.47 bits per heavy atom. The van der Waals surface area contributed by atoms with Crippen LogP contribution in [0.5, 0.6) is 17.2 Å². The minimum Gasteiger partial charge on any atom is -0.508 e. The van der Waals surface area contributed by atoms with E-state index in [0.717, 1.165) is 16.7 Å². The molecule has 3 rings (SSSR count). The molecule has 3 aromatic rings. The number of hydrogen-bond acceptors (Lipinski definition) is 5. The van der Waals surface area contributed by atoms with Crippen LogP contribution in [0.25, 0.3) is 11.1 Å². The lowest BCUT2D eigenvalue weighted by atomic mass is 10.1. The first kappa shape index (κ1) is 23.0. The molecule has 0 aliphatic carbocycles. The maximum absolute atomic E-state index is 10.8. The van der Waals surface area contributed by atoms with Crippen LogP contribution in [0.1, 0.15) is 5.56 Å². The minimum absolute atomic E-state index is 0.103. The summed E-state index contributed by atoms with van der Waals surface area (Å²) in [6.07, 6.45) is -0.444. The molecule has 0 atom stereocenters. The third-order valence-corrected chi connectivity index (χ3v) is 4.13. The molecule has 0 fully saturated rings. The van der Waals surface area contributed by atoms with Crippen molar-refractivity contribution in [3.05, 3.63) is 78.4 Å². The van der Waals surface area contributed by atoms with Crippen molar-refractivity contribution in [2.45, 2.75) is 6.92 Å². The Kier molecular flexibility index (Phi) is 8.00. The molecular formula is C21H22NO7P. The van der Waals surface area contributed by atoms with Gasteiger partial charge in [-0.15, -0.1) is 0 Å². The smallest absolute Gasteiger partial charge is 0.508 e. The van der Waals surface area contributed by atoms with Gasteiger partial charge in [-0.3, -0.25) is 9.79 Å². The topological polar surface area (TPSA) is 125 Å². The third-order valence-electron chi connectivity index (χ3n) is 3.68. The largest absolute Gasteiger partial charge is 0.524 e. The Labute approximate surface area is 174 Å². The van der Waals surface area contributed by atoms with Gasteiger partial charge in [0.05, 0.1) is 0 Å². The number of hydrogen-bond donors (Lipinski definition) is 4. The Morgan fingerprint density at radius 3 is 1.97 bits per heavy atom. The summed E-state index contributed by atoms with van der Waals surface area (Å²) in [5.41, 5.74) is 2.81. The molecule has 0 aromatic heterocycles. The van der Waals surface area contributed by atoms with E-state index in [4.69, 9.17) is 19.6 Å². The third kappa shape index (κ3) is 7.97. The maximum atomic E-state index is 10.8. The number of rotatable bonds is 4. The van der Waals surface area contributed by atoms with Crippen LogP contribution in [0.3, 0.4) is 0 Å². The lowest BCUT2D eigenvalue weighted by Crippen LogP contribution is -2.21. The van der Waals surface area contributed by atoms with E-state index in [1.807, 2.05) is 19.1 Å². The molecular weight excluding hydrogens is 409 g/mol. The summed E-state index contributed by atoms with van der Waals surface area (Å²) in [5, 5.41) is 11.5. The van der Waals surface area contributed by atoms with Gasteiger partial charge in [-0.1, -0.05) is 36.4 Å². The van der Waals surface area contributed by atoms with E-state index in [9.17, 15) is 9.36 Å². The summed E-state index contributed by atoms with van der Waals surface area (Å²) in [7, 11) is -2.99. The summed E-state index contributed by atoms with van der Waals surface area (Å²) in [6.45, 7) is 1.94. The number of aryl methyl sites for hydroxylation is 1. The molecule has 0 saturated heterocycles. The van der Waals surface area contributed by atoms with Crippen molar-refractivity contribution in [3.8, 4) is 28.4 Å². The van der Waals surface area contributed by atoms with E-state index >= 15 is 0 Å². The fourth-order valence-corrected chi connectivity index (χ4v) is 2.73. The lowest BCUT2D eigenvalue weighted by molar-refractivity contribution is 0.203. The second-order valence-corrected chi connectivity index (χ2v) is 7.27. The van der Waals surface area contributed by atoms with Crippen LogP contribution in [0.15, 0.2) is 72.8 Å². The number of carbonyl (C=O) groups is 1. The van der Waals surface area contributed by atoms with Crippen LogP contribution >= 0.6 is 7.82 Å². The van der Waals surface area contributed by atoms with E-state index in [0.29, 0.717) is 5.75 Å². The molecule has 0 radical (unpaired) electrons. The van der Waals surface area contributed by atoms with Crippen LogP contribution in [0.2, 0.25) is 0 Å². The standard InChI is InChI=1S/C12H11O5P.C9H11NO2/c13-11-5-1-9(2-6-11)10-3-7-12(8-4-10)17-18(14,15)16;1-7-4-3-5-8(6-7)12-9(11)10-2/h1-8,13H,(H2,14,15,16);3-6H,1-2H3,(H,10,11). The predicted molar refractivity (Wildman–Crippen MR) is 112 cm³/mol. The Morgan fingerprint density at radius 1 is 0.900 bits per heavy atom. The summed E-state index contributed by atoms with van der Waals surface area (Å²) < 4.78 is 20.0. The van der Waals surface area contributed by atoms with E-state index in [-0.39, 0.29) is 11.5 Å².